The predicted molar refractivity (Wildman–Crippen MR) is 63.1 cm³/mol. The summed E-state index contributed by atoms with van der Waals surface area (Å²) in [5, 5.41) is 15.4. The van der Waals surface area contributed by atoms with Crippen LogP contribution in [0.15, 0.2) is 18.2 Å². The zero-order chi connectivity index (χ0) is 11.3. The number of pyridine rings is 1. The van der Waals surface area contributed by atoms with Crippen LogP contribution >= 0.6 is 0 Å². The highest BCUT2D eigenvalue weighted by molar-refractivity contribution is 5.45. The van der Waals surface area contributed by atoms with Crippen molar-refractivity contribution in [1.29, 1.82) is 0 Å². The minimum absolute atomic E-state index is 0.0459. The van der Waals surface area contributed by atoms with Gasteiger partial charge in [0.05, 0.1) is 12.6 Å². The maximum atomic E-state index is 9.18. The second kappa shape index (κ2) is 5.56. The van der Waals surface area contributed by atoms with Crippen molar-refractivity contribution in [3.63, 3.8) is 0 Å². The first-order chi connectivity index (χ1) is 7.17. The molecule has 0 fully saturated rings. The molecular formula is C11H19N3O. The topological polar surface area (TPSA) is 57.2 Å². The van der Waals surface area contributed by atoms with Gasteiger partial charge in [-0.2, -0.15) is 0 Å². The van der Waals surface area contributed by atoms with E-state index in [0.717, 1.165) is 11.6 Å². The third-order valence-electron chi connectivity index (χ3n) is 2.34. The molecule has 15 heavy (non-hydrogen) atoms. The molecular weight excluding hydrogens is 190 g/mol. The van der Waals surface area contributed by atoms with Crippen molar-refractivity contribution in [2.75, 3.05) is 24.3 Å². The van der Waals surface area contributed by atoms with E-state index in [1.165, 1.54) is 0 Å². The fraction of sp³-hybridized carbons (Fsp3) is 0.545. The van der Waals surface area contributed by atoms with Gasteiger partial charge < -0.3 is 15.7 Å². The van der Waals surface area contributed by atoms with Gasteiger partial charge in [-0.05, 0) is 18.1 Å². The average Bonchev–Trinajstić information content (AvgIpc) is 2.25. The Morgan fingerprint density at radius 2 is 2.00 bits per heavy atom. The normalized spacial score (nSPS) is 12.6. The fourth-order valence-electron chi connectivity index (χ4n) is 1.27. The first kappa shape index (κ1) is 11.8. The Morgan fingerprint density at radius 3 is 2.53 bits per heavy atom. The molecule has 0 aromatic carbocycles. The second-order valence-corrected chi connectivity index (χ2v) is 3.84. The molecule has 0 saturated heterocycles. The first-order valence-corrected chi connectivity index (χ1v) is 5.19. The summed E-state index contributed by atoms with van der Waals surface area (Å²) >= 11 is 0. The van der Waals surface area contributed by atoms with Gasteiger partial charge in [0, 0.05) is 7.05 Å². The summed E-state index contributed by atoms with van der Waals surface area (Å²) in [7, 11) is 1.83. The van der Waals surface area contributed by atoms with E-state index in [1.807, 2.05) is 25.2 Å². The Labute approximate surface area is 90.7 Å². The van der Waals surface area contributed by atoms with Crippen LogP contribution in [0.2, 0.25) is 0 Å². The molecule has 3 N–H and O–H groups in total. The molecule has 0 aliphatic heterocycles. The average molecular weight is 209 g/mol. The Hall–Kier alpha value is -1.29. The van der Waals surface area contributed by atoms with Gasteiger partial charge in [-0.15, -0.1) is 0 Å². The lowest BCUT2D eigenvalue weighted by atomic mass is 10.1. The zero-order valence-corrected chi connectivity index (χ0v) is 9.49. The molecule has 1 rings (SSSR count). The first-order valence-electron chi connectivity index (χ1n) is 5.19. The summed E-state index contributed by atoms with van der Waals surface area (Å²) in [5.41, 5.74) is 0. The van der Waals surface area contributed by atoms with Crippen LogP contribution in [0.5, 0.6) is 0 Å². The molecule has 0 bridgehead atoms. The predicted octanol–water partition coefficient (Wildman–Crippen LogP) is 1.55. The van der Waals surface area contributed by atoms with Gasteiger partial charge in [0.25, 0.3) is 0 Å². The molecule has 0 spiro atoms. The van der Waals surface area contributed by atoms with Crippen molar-refractivity contribution in [2.24, 2.45) is 5.92 Å². The maximum Gasteiger partial charge on any atom is 0.128 e. The van der Waals surface area contributed by atoms with Gasteiger partial charge in [0.2, 0.25) is 0 Å². The number of hydrogen-bond donors (Lipinski definition) is 3. The lowest BCUT2D eigenvalue weighted by Crippen LogP contribution is -2.29. The molecule has 0 amide bonds. The Bertz CT molecular complexity index is 302. The number of rotatable bonds is 5. The second-order valence-electron chi connectivity index (χ2n) is 3.84. The van der Waals surface area contributed by atoms with Crippen LogP contribution in [0.25, 0.3) is 0 Å². The third-order valence-corrected chi connectivity index (χ3v) is 2.34. The number of aliphatic hydroxyl groups is 1. The van der Waals surface area contributed by atoms with Crippen molar-refractivity contribution in [1.82, 2.24) is 4.98 Å². The quantitative estimate of drug-likeness (QED) is 0.688. The smallest absolute Gasteiger partial charge is 0.128 e. The molecule has 0 radical (unpaired) electrons. The fourth-order valence-corrected chi connectivity index (χ4v) is 1.27. The van der Waals surface area contributed by atoms with E-state index in [9.17, 15) is 5.11 Å². The molecule has 1 aromatic rings. The van der Waals surface area contributed by atoms with Crippen LogP contribution in [0.3, 0.4) is 0 Å². The highest BCUT2D eigenvalue weighted by atomic mass is 16.3. The molecule has 0 aliphatic carbocycles. The van der Waals surface area contributed by atoms with E-state index in [-0.39, 0.29) is 12.6 Å². The molecule has 0 aliphatic rings. The van der Waals surface area contributed by atoms with Gasteiger partial charge >= 0.3 is 0 Å². The van der Waals surface area contributed by atoms with Crippen molar-refractivity contribution in [3.8, 4) is 0 Å². The molecule has 1 aromatic heterocycles. The Balaban J connectivity index is 2.70. The number of aliphatic hydroxyl groups excluding tert-OH is 1. The summed E-state index contributed by atoms with van der Waals surface area (Å²) in [6.45, 7) is 4.24. The zero-order valence-electron chi connectivity index (χ0n) is 9.49. The molecule has 4 heteroatoms. The summed E-state index contributed by atoms with van der Waals surface area (Å²) in [6, 6.07) is 5.76. The standard InChI is InChI=1S/C11H19N3O/c1-8(2)9(7-15)13-11-6-4-5-10(12-3)14-11/h4-6,8-9,15H,7H2,1-3H3,(H2,12,13,14)/t9-/m1/s1. The van der Waals surface area contributed by atoms with E-state index in [4.69, 9.17) is 0 Å². The minimum Gasteiger partial charge on any atom is -0.394 e. The molecule has 0 unspecified atom stereocenters. The minimum atomic E-state index is 0.0459. The van der Waals surface area contributed by atoms with E-state index in [0.29, 0.717) is 5.92 Å². The molecule has 84 valence electrons. The van der Waals surface area contributed by atoms with Gasteiger partial charge in [0.1, 0.15) is 11.6 Å². The van der Waals surface area contributed by atoms with Crippen molar-refractivity contribution in [3.05, 3.63) is 18.2 Å². The summed E-state index contributed by atoms with van der Waals surface area (Å²) < 4.78 is 0. The number of nitrogens with one attached hydrogen (secondary N) is 2. The highest BCUT2D eigenvalue weighted by Crippen LogP contribution is 2.12. The summed E-state index contributed by atoms with van der Waals surface area (Å²) in [5.74, 6) is 1.98. The summed E-state index contributed by atoms with van der Waals surface area (Å²) in [6.07, 6.45) is 0. The lowest BCUT2D eigenvalue weighted by molar-refractivity contribution is 0.249. The molecule has 1 heterocycles. The van der Waals surface area contributed by atoms with Crippen molar-refractivity contribution < 1.29 is 5.11 Å². The van der Waals surface area contributed by atoms with Crippen LogP contribution in [0.4, 0.5) is 11.6 Å². The van der Waals surface area contributed by atoms with Crippen LogP contribution in [-0.4, -0.2) is 29.8 Å². The Kier molecular flexibility index (Phi) is 4.37. The third kappa shape index (κ3) is 3.40. The monoisotopic (exact) mass is 209 g/mol. The number of hydrogen-bond acceptors (Lipinski definition) is 4. The van der Waals surface area contributed by atoms with E-state index >= 15 is 0 Å². The van der Waals surface area contributed by atoms with Gasteiger partial charge in [-0.25, -0.2) is 4.98 Å². The van der Waals surface area contributed by atoms with Gasteiger partial charge in [-0.3, -0.25) is 0 Å². The van der Waals surface area contributed by atoms with E-state index in [1.54, 1.807) is 0 Å². The van der Waals surface area contributed by atoms with E-state index in [2.05, 4.69) is 29.5 Å². The molecule has 4 nitrogen and oxygen atoms in total. The van der Waals surface area contributed by atoms with Crippen LogP contribution in [0.1, 0.15) is 13.8 Å². The SMILES string of the molecule is CNc1cccc(N[C@H](CO)C(C)C)n1. The Morgan fingerprint density at radius 1 is 1.33 bits per heavy atom. The number of nitrogens with zero attached hydrogens (tertiary/aromatic N) is 1. The largest absolute Gasteiger partial charge is 0.394 e. The van der Waals surface area contributed by atoms with Gasteiger partial charge in [0.15, 0.2) is 0 Å². The van der Waals surface area contributed by atoms with Crippen LogP contribution in [-0.2, 0) is 0 Å². The van der Waals surface area contributed by atoms with Crippen molar-refractivity contribution >= 4 is 11.6 Å². The van der Waals surface area contributed by atoms with Crippen molar-refractivity contribution in [2.45, 2.75) is 19.9 Å². The maximum absolute atomic E-state index is 9.18. The lowest BCUT2D eigenvalue weighted by Gasteiger charge is -2.20. The molecule has 1 atom stereocenters. The molecule has 0 saturated carbocycles. The van der Waals surface area contributed by atoms with Crippen LogP contribution in [0, 0.1) is 5.92 Å². The van der Waals surface area contributed by atoms with E-state index < -0.39 is 0 Å². The van der Waals surface area contributed by atoms with Gasteiger partial charge in [-0.1, -0.05) is 19.9 Å². The number of aromatic nitrogens is 1. The van der Waals surface area contributed by atoms with Crippen LogP contribution < -0.4 is 10.6 Å². The summed E-state index contributed by atoms with van der Waals surface area (Å²) in [4.78, 5) is 4.33. The number of anilines is 2. The highest BCUT2D eigenvalue weighted by Gasteiger charge is 2.11.